The first-order valence-corrected chi connectivity index (χ1v) is 5.52. The van der Waals surface area contributed by atoms with Gasteiger partial charge in [0.25, 0.3) is 0 Å². The molecule has 1 rings (SSSR count). The largest absolute Gasteiger partial charge is 0.361 e. The van der Waals surface area contributed by atoms with E-state index in [1.54, 1.807) is 0 Å². The van der Waals surface area contributed by atoms with Gasteiger partial charge >= 0.3 is 0 Å². The summed E-state index contributed by atoms with van der Waals surface area (Å²) in [5.74, 6) is 0.898. The van der Waals surface area contributed by atoms with Crippen molar-refractivity contribution in [2.45, 2.75) is 34.1 Å². The molecule has 0 aliphatic heterocycles. The number of likely N-dealkylation sites (N-methyl/N-ethyl adjacent to an activating group) is 1. The molecule has 0 aliphatic carbocycles. The van der Waals surface area contributed by atoms with Gasteiger partial charge in [0.15, 0.2) is 0 Å². The van der Waals surface area contributed by atoms with Crippen molar-refractivity contribution in [3.8, 4) is 0 Å². The van der Waals surface area contributed by atoms with Crippen molar-refractivity contribution in [2.75, 3.05) is 13.1 Å². The van der Waals surface area contributed by atoms with E-state index in [9.17, 15) is 0 Å². The summed E-state index contributed by atoms with van der Waals surface area (Å²) in [6, 6.07) is 0. The van der Waals surface area contributed by atoms with E-state index in [2.05, 4.69) is 30.4 Å². The van der Waals surface area contributed by atoms with E-state index in [0.717, 1.165) is 36.5 Å². The zero-order valence-electron chi connectivity index (χ0n) is 10.1. The molecule has 1 aromatic heterocycles. The third kappa shape index (κ3) is 3.20. The minimum absolute atomic E-state index is 0.898. The second-order valence-electron chi connectivity index (χ2n) is 3.67. The molecule has 15 heavy (non-hydrogen) atoms. The maximum absolute atomic E-state index is 5.13. The fourth-order valence-electron chi connectivity index (χ4n) is 1.46. The van der Waals surface area contributed by atoms with Gasteiger partial charge in [-0.3, -0.25) is 0 Å². The first-order valence-electron chi connectivity index (χ1n) is 5.52. The monoisotopic (exact) mass is 208 g/mol. The summed E-state index contributed by atoms with van der Waals surface area (Å²) >= 11 is 0. The van der Waals surface area contributed by atoms with Crippen molar-refractivity contribution in [3.05, 3.63) is 22.6 Å². The van der Waals surface area contributed by atoms with Gasteiger partial charge in [-0.1, -0.05) is 24.6 Å². The Balaban J connectivity index is 2.82. The second kappa shape index (κ2) is 5.71. The summed E-state index contributed by atoms with van der Waals surface area (Å²) in [4.78, 5) is 0. The van der Waals surface area contributed by atoms with Gasteiger partial charge < -0.3 is 9.84 Å². The van der Waals surface area contributed by atoms with Crippen LogP contribution < -0.4 is 5.32 Å². The van der Waals surface area contributed by atoms with Crippen LogP contribution in [0.1, 0.15) is 37.3 Å². The third-order valence-corrected chi connectivity index (χ3v) is 2.49. The van der Waals surface area contributed by atoms with Crippen LogP contribution in [0.25, 0.3) is 6.08 Å². The zero-order chi connectivity index (χ0) is 11.3. The number of nitrogens with zero attached hydrogens (tertiary/aromatic N) is 1. The van der Waals surface area contributed by atoms with Crippen molar-refractivity contribution in [1.82, 2.24) is 10.5 Å². The molecule has 84 valence electrons. The van der Waals surface area contributed by atoms with Crippen molar-refractivity contribution in [3.63, 3.8) is 0 Å². The number of hydrogen-bond acceptors (Lipinski definition) is 3. The SMILES string of the molecule is CCNCC(=Cc1c(C)noc1C)CC. The Morgan fingerprint density at radius 1 is 1.40 bits per heavy atom. The van der Waals surface area contributed by atoms with Gasteiger partial charge in [-0.25, -0.2) is 0 Å². The van der Waals surface area contributed by atoms with Crippen LogP contribution in [0.3, 0.4) is 0 Å². The van der Waals surface area contributed by atoms with E-state index >= 15 is 0 Å². The number of hydrogen-bond donors (Lipinski definition) is 1. The zero-order valence-corrected chi connectivity index (χ0v) is 10.1. The minimum Gasteiger partial charge on any atom is -0.361 e. The highest BCUT2D eigenvalue weighted by Crippen LogP contribution is 2.17. The molecule has 0 amide bonds. The molecule has 1 aromatic rings. The third-order valence-electron chi connectivity index (χ3n) is 2.49. The van der Waals surface area contributed by atoms with E-state index < -0.39 is 0 Å². The first-order chi connectivity index (χ1) is 7.19. The van der Waals surface area contributed by atoms with Gasteiger partial charge in [-0.05, 0) is 32.9 Å². The van der Waals surface area contributed by atoms with Crippen LogP contribution >= 0.6 is 0 Å². The average molecular weight is 208 g/mol. The second-order valence-corrected chi connectivity index (χ2v) is 3.67. The van der Waals surface area contributed by atoms with E-state index in [-0.39, 0.29) is 0 Å². The van der Waals surface area contributed by atoms with Gasteiger partial charge in [-0.15, -0.1) is 0 Å². The molecule has 0 unspecified atom stereocenters. The fourth-order valence-corrected chi connectivity index (χ4v) is 1.46. The summed E-state index contributed by atoms with van der Waals surface area (Å²) in [5, 5.41) is 7.28. The van der Waals surface area contributed by atoms with Crippen LogP contribution in [0, 0.1) is 13.8 Å². The van der Waals surface area contributed by atoms with Crippen LogP contribution in [0.2, 0.25) is 0 Å². The van der Waals surface area contributed by atoms with Crippen molar-refractivity contribution in [1.29, 1.82) is 0 Å². The fraction of sp³-hybridized carbons (Fsp3) is 0.583. The van der Waals surface area contributed by atoms with Gasteiger partial charge in [0, 0.05) is 12.1 Å². The van der Waals surface area contributed by atoms with Crippen LogP contribution in [0.15, 0.2) is 10.1 Å². The Morgan fingerprint density at radius 2 is 2.13 bits per heavy atom. The van der Waals surface area contributed by atoms with Crippen LogP contribution in [0.5, 0.6) is 0 Å². The molecule has 3 nitrogen and oxygen atoms in total. The Kier molecular flexibility index (Phi) is 4.56. The summed E-state index contributed by atoms with van der Waals surface area (Å²) in [7, 11) is 0. The minimum atomic E-state index is 0.898. The Hall–Kier alpha value is -1.09. The standard InChI is InChI=1S/C12H20N2O/c1-5-11(8-13-6-2)7-12-9(3)14-15-10(12)4/h7,13H,5-6,8H2,1-4H3. The van der Waals surface area contributed by atoms with Crippen molar-refractivity contribution >= 4 is 6.08 Å². The predicted molar refractivity (Wildman–Crippen MR) is 62.8 cm³/mol. The van der Waals surface area contributed by atoms with Crippen LogP contribution in [0.4, 0.5) is 0 Å². The Labute approximate surface area is 91.5 Å². The lowest BCUT2D eigenvalue weighted by Crippen LogP contribution is -2.15. The van der Waals surface area contributed by atoms with E-state index in [0.29, 0.717) is 0 Å². The molecule has 0 aliphatic rings. The summed E-state index contributed by atoms with van der Waals surface area (Å²) < 4.78 is 5.13. The van der Waals surface area contributed by atoms with E-state index in [4.69, 9.17) is 4.52 Å². The normalized spacial score (nSPS) is 12.1. The van der Waals surface area contributed by atoms with Gasteiger partial charge in [-0.2, -0.15) is 0 Å². The molecule has 0 spiro atoms. The lowest BCUT2D eigenvalue weighted by Gasteiger charge is -2.04. The smallest absolute Gasteiger partial charge is 0.141 e. The average Bonchev–Trinajstić information content (AvgIpc) is 2.55. The van der Waals surface area contributed by atoms with Crippen molar-refractivity contribution < 1.29 is 4.52 Å². The summed E-state index contributed by atoms with van der Waals surface area (Å²) in [6.07, 6.45) is 3.24. The topological polar surface area (TPSA) is 38.1 Å². The molecule has 0 radical (unpaired) electrons. The highest BCUT2D eigenvalue weighted by atomic mass is 16.5. The highest BCUT2D eigenvalue weighted by Gasteiger charge is 2.06. The molecule has 1 heterocycles. The van der Waals surface area contributed by atoms with E-state index in [1.807, 2.05) is 13.8 Å². The maximum atomic E-state index is 5.13. The molecular weight excluding hydrogens is 188 g/mol. The Morgan fingerprint density at radius 3 is 2.60 bits per heavy atom. The predicted octanol–water partition coefficient (Wildman–Crippen LogP) is 2.69. The van der Waals surface area contributed by atoms with Gasteiger partial charge in [0.1, 0.15) is 5.76 Å². The number of rotatable bonds is 5. The molecular formula is C12H20N2O. The quantitative estimate of drug-likeness (QED) is 0.808. The number of aromatic nitrogens is 1. The van der Waals surface area contributed by atoms with E-state index in [1.165, 1.54) is 5.57 Å². The van der Waals surface area contributed by atoms with Crippen LogP contribution in [-0.2, 0) is 0 Å². The lowest BCUT2D eigenvalue weighted by atomic mass is 10.1. The molecule has 0 atom stereocenters. The van der Waals surface area contributed by atoms with Crippen molar-refractivity contribution in [2.24, 2.45) is 0 Å². The summed E-state index contributed by atoms with van der Waals surface area (Å²) in [6.45, 7) is 10.1. The van der Waals surface area contributed by atoms with Gasteiger partial charge in [0.05, 0.1) is 5.69 Å². The number of aryl methyl sites for hydroxylation is 2. The Bertz CT molecular complexity index is 320. The molecule has 0 bridgehead atoms. The lowest BCUT2D eigenvalue weighted by molar-refractivity contribution is 0.393. The molecule has 3 heteroatoms. The molecule has 1 N–H and O–H groups in total. The molecule has 0 saturated carbocycles. The van der Waals surface area contributed by atoms with Gasteiger partial charge in [0.2, 0.25) is 0 Å². The maximum Gasteiger partial charge on any atom is 0.141 e. The first kappa shape index (κ1) is 12.0. The number of nitrogens with one attached hydrogen (secondary N) is 1. The highest BCUT2D eigenvalue weighted by molar-refractivity contribution is 5.56. The summed E-state index contributed by atoms with van der Waals surface area (Å²) in [5.41, 5.74) is 3.48. The molecule has 0 saturated heterocycles. The molecule has 0 aromatic carbocycles. The molecule has 0 fully saturated rings. The van der Waals surface area contributed by atoms with Crippen LogP contribution in [-0.4, -0.2) is 18.2 Å².